The summed E-state index contributed by atoms with van der Waals surface area (Å²) >= 11 is 0. The van der Waals surface area contributed by atoms with Crippen LogP contribution in [0.25, 0.3) is 0 Å². The number of pyridine rings is 1. The largest absolute Gasteiger partial charge is 0.495 e. The molecular weight excluding hydrogens is 214 g/mol. The van der Waals surface area contributed by atoms with E-state index in [0.717, 1.165) is 11.3 Å². The molecule has 1 heterocycles. The molecule has 1 aromatic heterocycles. The Morgan fingerprint density at radius 1 is 1.41 bits per heavy atom. The van der Waals surface area contributed by atoms with E-state index in [2.05, 4.69) is 17.3 Å². The maximum Gasteiger partial charge on any atom is 0.137 e. The molecule has 1 aliphatic rings. The second kappa shape index (κ2) is 5.02. The lowest BCUT2D eigenvalue weighted by atomic mass is 9.78. The fourth-order valence-electron chi connectivity index (χ4n) is 2.88. The molecule has 0 aliphatic heterocycles. The lowest BCUT2D eigenvalue weighted by Gasteiger charge is -2.33. The van der Waals surface area contributed by atoms with Gasteiger partial charge in [-0.2, -0.15) is 0 Å². The molecule has 4 heteroatoms. The van der Waals surface area contributed by atoms with Gasteiger partial charge in [-0.05, 0) is 29.9 Å². The van der Waals surface area contributed by atoms with E-state index in [9.17, 15) is 0 Å². The first-order valence-electron chi connectivity index (χ1n) is 6.15. The van der Waals surface area contributed by atoms with Crippen molar-refractivity contribution in [2.45, 2.75) is 38.6 Å². The Morgan fingerprint density at radius 3 is 2.71 bits per heavy atom. The standard InChI is InChI=1S/C13H21N3O/c1-13(5-3-4-6-13)12(16-14)10-7-11(17-2)9-15-8-10/h7-9,12,16H,3-6,14H2,1-2H3. The number of ether oxygens (including phenoxy) is 1. The maximum atomic E-state index is 5.74. The van der Waals surface area contributed by atoms with Crippen LogP contribution in [-0.4, -0.2) is 12.1 Å². The topological polar surface area (TPSA) is 60.2 Å². The van der Waals surface area contributed by atoms with Crippen molar-refractivity contribution in [2.75, 3.05) is 7.11 Å². The first-order chi connectivity index (χ1) is 8.19. The van der Waals surface area contributed by atoms with Crippen LogP contribution in [0.15, 0.2) is 18.5 Å². The van der Waals surface area contributed by atoms with Crippen LogP contribution in [0.3, 0.4) is 0 Å². The van der Waals surface area contributed by atoms with E-state index in [1.165, 1.54) is 25.7 Å². The fourth-order valence-corrected chi connectivity index (χ4v) is 2.88. The number of hydrogen-bond donors (Lipinski definition) is 2. The van der Waals surface area contributed by atoms with Crippen molar-refractivity contribution in [3.05, 3.63) is 24.0 Å². The van der Waals surface area contributed by atoms with Crippen LogP contribution in [0, 0.1) is 5.41 Å². The Labute approximate surface area is 103 Å². The SMILES string of the molecule is COc1cncc(C(NN)C2(C)CCCC2)c1. The molecule has 0 spiro atoms. The van der Waals surface area contributed by atoms with Crippen LogP contribution >= 0.6 is 0 Å². The Hall–Kier alpha value is -1.13. The monoisotopic (exact) mass is 235 g/mol. The van der Waals surface area contributed by atoms with Gasteiger partial charge in [0.25, 0.3) is 0 Å². The molecule has 1 aliphatic carbocycles. The molecule has 17 heavy (non-hydrogen) atoms. The van der Waals surface area contributed by atoms with E-state index in [1.54, 1.807) is 13.3 Å². The summed E-state index contributed by atoms with van der Waals surface area (Å²) in [5.74, 6) is 6.52. The van der Waals surface area contributed by atoms with Gasteiger partial charge in [-0.25, -0.2) is 0 Å². The molecule has 1 atom stereocenters. The number of nitrogens with two attached hydrogens (primary N) is 1. The van der Waals surface area contributed by atoms with Gasteiger partial charge in [0.15, 0.2) is 0 Å². The molecule has 0 saturated heterocycles. The molecule has 94 valence electrons. The maximum absolute atomic E-state index is 5.74. The summed E-state index contributed by atoms with van der Waals surface area (Å²) in [7, 11) is 1.66. The average molecular weight is 235 g/mol. The Balaban J connectivity index is 2.27. The van der Waals surface area contributed by atoms with E-state index < -0.39 is 0 Å². The number of nitrogens with one attached hydrogen (secondary N) is 1. The van der Waals surface area contributed by atoms with E-state index in [0.29, 0.717) is 0 Å². The fraction of sp³-hybridized carbons (Fsp3) is 0.615. The van der Waals surface area contributed by atoms with Crippen molar-refractivity contribution < 1.29 is 4.74 Å². The number of hydrazine groups is 1. The summed E-state index contributed by atoms with van der Waals surface area (Å²) in [6, 6.07) is 2.16. The highest BCUT2D eigenvalue weighted by Gasteiger charge is 2.37. The predicted molar refractivity (Wildman–Crippen MR) is 67.4 cm³/mol. The molecule has 1 aromatic rings. The number of nitrogens with zero attached hydrogens (tertiary/aromatic N) is 1. The number of aromatic nitrogens is 1. The first kappa shape index (κ1) is 12.3. The molecule has 0 radical (unpaired) electrons. The zero-order valence-electron chi connectivity index (χ0n) is 10.6. The zero-order chi connectivity index (χ0) is 12.3. The van der Waals surface area contributed by atoms with Crippen LogP contribution in [0.2, 0.25) is 0 Å². The zero-order valence-corrected chi connectivity index (χ0v) is 10.6. The second-order valence-corrected chi connectivity index (χ2v) is 5.12. The van der Waals surface area contributed by atoms with Gasteiger partial charge in [0.05, 0.1) is 19.3 Å². The van der Waals surface area contributed by atoms with Crippen LogP contribution in [0.4, 0.5) is 0 Å². The van der Waals surface area contributed by atoms with Crippen LogP contribution in [0.1, 0.15) is 44.2 Å². The van der Waals surface area contributed by atoms with E-state index in [4.69, 9.17) is 10.6 Å². The van der Waals surface area contributed by atoms with Gasteiger partial charge in [-0.3, -0.25) is 16.3 Å². The smallest absolute Gasteiger partial charge is 0.137 e. The first-order valence-corrected chi connectivity index (χ1v) is 6.15. The number of methoxy groups -OCH3 is 1. The van der Waals surface area contributed by atoms with E-state index in [-0.39, 0.29) is 11.5 Å². The molecule has 0 bridgehead atoms. The van der Waals surface area contributed by atoms with Crippen molar-refractivity contribution in [3.8, 4) is 5.75 Å². The Kier molecular flexibility index (Phi) is 3.64. The minimum atomic E-state index is 0.146. The minimum absolute atomic E-state index is 0.146. The van der Waals surface area contributed by atoms with Gasteiger partial charge in [0.2, 0.25) is 0 Å². The summed E-state index contributed by atoms with van der Waals surface area (Å²) < 4.78 is 5.21. The molecule has 0 aromatic carbocycles. The van der Waals surface area contributed by atoms with Crippen molar-refractivity contribution in [3.63, 3.8) is 0 Å². The highest BCUT2D eigenvalue weighted by atomic mass is 16.5. The van der Waals surface area contributed by atoms with Gasteiger partial charge in [-0.15, -0.1) is 0 Å². The summed E-state index contributed by atoms with van der Waals surface area (Å²) in [5.41, 5.74) is 4.29. The highest BCUT2D eigenvalue weighted by Crippen LogP contribution is 2.46. The van der Waals surface area contributed by atoms with Crippen molar-refractivity contribution in [1.82, 2.24) is 10.4 Å². The molecule has 3 N–H and O–H groups in total. The number of rotatable bonds is 4. The molecule has 1 saturated carbocycles. The summed E-state index contributed by atoms with van der Waals surface area (Å²) in [4.78, 5) is 4.21. The predicted octanol–water partition coefficient (Wildman–Crippen LogP) is 2.17. The second-order valence-electron chi connectivity index (χ2n) is 5.12. The van der Waals surface area contributed by atoms with Gasteiger partial charge in [0.1, 0.15) is 5.75 Å². The van der Waals surface area contributed by atoms with Gasteiger partial charge < -0.3 is 4.74 Å². The highest BCUT2D eigenvalue weighted by molar-refractivity contribution is 5.27. The third-order valence-electron chi connectivity index (χ3n) is 3.91. The Bertz CT molecular complexity index is 375. The molecule has 4 nitrogen and oxygen atoms in total. The van der Waals surface area contributed by atoms with Crippen molar-refractivity contribution >= 4 is 0 Å². The average Bonchev–Trinajstić information content (AvgIpc) is 2.78. The van der Waals surface area contributed by atoms with Gasteiger partial charge >= 0.3 is 0 Å². The summed E-state index contributed by atoms with van der Waals surface area (Å²) in [6.07, 6.45) is 8.57. The van der Waals surface area contributed by atoms with E-state index in [1.807, 2.05) is 12.3 Å². The van der Waals surface area contributed by atoms with E-state index >= 15 is 0 Å². The molecule has 2 rings (SSSR count). The third-order valence-corrected chi connectivity index (χ3v) is 3.91. The van der Waals surface area contributed by atoms with Crippen molar-refractivity contribution in [2.24, 2.45) is 11.3 Å². The lowest BCUT2D eigenvalue weighted by molar-refractivity contribution is 0.224. The molecule has 1 fully saturated rings. The van der Waals surface area contributed by atoms with Gasteiger partial charge in [-0.1, -0.05) is 19.8 Å². The summed E-state index contributed by atoms with van der Waals surface area (Å²) in [6.45, 7) is 2.30. The lowest BCUT2D eigenvalue weighted by Crippen LogP contribution is -2.38. The van der Waals surface area contributed by atoms with Crippen LogP contribution in [-0.2, 0) is 0 Å². The normalized spacial score (nSPS) is 20.2. The third kappa shape index (κ3) is 2.42. The number of hydrogen-bond acceptors (Lipinski definition) is 4. The molecular formula is C13H21N3O. The summed E-state index contributed by atoms with van der Waals surface area (Å²) in [5, 5.41) is 0. The quantitative estimate of drug-likeness (QED) is 0.620. The van der Waals surface area contributed by atoms with Crippen molar-refractivity contribution in [1.29, 1.82) is 0 Å². The van der Waals surface area contributed by atoms with Gasteiger partial charge in [0, 0.05) is 6.20 Å². The Morgan fingerprint density at radius 2 is 2.12 bits per heavy atom. The van der Waals surface area contributed by atoms with Crippen LogP contribution in [0.5, 0.6) is 5.75 Å². The molecule has 1 unspecified atom stereocenters. The van der Waals surface area contributed by atoms with Crippen LogP contribution < -0.4 is 16.0 Å². The molecule has 0 amide bonds. The minimum Gasteiger partial charge on any atom is -0.495 e.